The second kappa shape index (κ2) is 7.64. The van der Waals surface area contributed by atoms with E-state index in [1.54, 1.807) is 13.2 Å². The summed E-state index contributed by atoms with van der Waals surface area (Å²) in [5.74, 6) is 2.36. The molecular formula is C24H27NO4. The molecule has 1 saturated heterocycles. The maximum atomic E-state index is 9.96. The van der Waals surface area contributed by atoms with Crippen LogP contribution in [0.25, 0.3) is 0 Å². The zero-order chi connectivity index (χ0) is 19.8. The third-order valence-electron chi connectivity index (χ3n) is 6.36. The lowest BCUT2D eigenvalue weighted by atomic mass is 9.77. The molecule has 0 aromatic heterocycles. The van der Waals surface area contributed by atoms with Gasteiger partial charge in [-0.1, -0.05) is 18.2 Å². The van der Waals surface area contributed by atoms with Gasteiger partial charge < -0.3 is 24.6 Å². The highest BCUT2D eigenvalue weighted by molar-refractivity contribution is 5.62. The smallest absolute Gasteiger partial charge is 0.160 e. The summed E-state index contributed by atoms with van der Waals surface area (Å²) in [6, 6.07) is 12.1. The largest absolute Gasteiger partial charge is 0.504 e. The minimum atomic E-state index is 0.163. The second-order valence-electron chi connectivity index (χ2n) is 8.10. The topological polar surface area (TPSA) is 60.0 Å². The standard InChI is InChI=1S/C24H27NO4/c1-27-23-12-15(7-10-22(23)26)24-19-6-2-5-18(19)20-13-16(8-9-21(20)25-24)29-14-17-4-3-11-28-17/h2,5,7-10,12-13,17-19,24-26H,3-4,6,11,14H2,1H3. The van der Waals surface area contributed by atoms with Crippen molar-refractivity contribution in [1.82, 2.24) is 0 Å². The Hall–Kier alpha value is -2.66. The van der Waals surface area contributed by atoms with Gasteiger partial charge in [-0.3, -0.25) is 0 Å². The first-order valence-electron chi connectivity index (χ1n) is 10.4. The number of fused-ring (bicyclic) bond motifs is 3. The number of allylic oxidation sites excluding steroid dienone is 2. The van der Waals surface area contributed by atoms with Crippen molar-refractivity contribution in [2.75, 3.05) is 25.6 Å². The first-order valence-corrected chi connectivity index (χ1v) is 10.4. The van der Waals surface area contributed by atoms with E-state index >= 15 is 0 Å². The highest BCUT2D eigenvalue weighted by Crippen LogP contribution is 2.51. The summed E-state index contributed by atoms with van der Waals surface area (Å²) in [6.45, 7) is 1.46. The van der Waals surface area contributed by atoms with Gasteiger partial charge in [0.15, 0.2) is 11.5 Å². The van der Waals surface area contributed by atoms with E-state index in [0.717, 1.165) is 42.9 Å². The van der Waals surface area contributed by atoms with Crippen LogP contribution in [0, 0.1) is 5.92 Å². The average Bonchev–Trinajstić information content (AvgIpc) is 3.44. The molecule has 1 aliphatic carbocycles. The molecule has 1 fully saturated rings. The Balaban J connectivity index is 1.41. The first kappa shape index (κ1) is 18.4. The zero-order valence-corrected chi connectivity index (χ0v) is 16.6. The number of methoxy groups -OCH3 is 1. The molecular weight excluding hydrogens is 366 g/mol. The third-order valence-corrected chi connectivity index (χ3v) is 6.36. The van der Waals surface area contributed by atoms with Gasteiger partial charge >= 0.3 is 0 Å². The van der Waals surface area contributed by atoms with E-state index < -0.39 is 0 Å². The van der Waals surface area contributed by atoms with Gasteiger partial charge in [-0.05, 0) is 66.6 Å². The lowest BCUT2D eigenvalue weighted by Crippen LogP contribution is -2.29. The summed E-state index contributed by atoms with van der Waals surface area (Å²) in [7, 11) is 1.58. The Labute approximate surface area is 171 Å². The molecule has 2 N–H and O–H groups in total. The van der Waals surface area contributed by atoms with E-state index in [1.165, 1.54) is 5.56 Å². The highest BCUT2D eigenvalue weighted by Gasteiger charge is 2.38. The molecule has 0 radical (unpaired) electrons. The fraction of sp³-hybridized carbons (Fsp3) is 0.417. The lowest BCUT2D eigenvalue weighted by molar-refractivity contribution is 0.0679. The number of nitrogens with one attached hydrogen (secondary N) is 1. The zero-order valence-electron chi connectivity index (χ0n) is 16.6. The van der Waals surface area contributed by atoms with Crippen molar-refractivity contribution in [3.05, 3.63) is 59.7 Å². The van der Waals surface area contributed by atoms with Gasteiger partial charge in [0.05, 0.1) is 19.3 Å². The predicted molar refractivity (Wildman–Crippen MR) is 112 cm³/mol. The molecule has 2 aromatic rings. The number of anilines is 1. The number of benzene rings is 2. The van der Waals surface area contributed by atoms with Crippen molar-refractivity contribution in [2.45, 2.75) is 37.3 Å². The van der Waals surface area contributed by atoms with E-state index in [1.807, 2.05) is 18.2 Å². The van der Waals surface area contributed by atoms with Gasteiger partial charge in [-0.15, -0.1) is 0 Å². The quantitative estimate of drug-likeness (QED) is 0.716. The second-order valence-corrected chi connectivity index (χ2v) is 8.10. The van der Waals surface area contributed by atoms with Crippen LogP contribution in [0.3, 0.4) is 0 Å². The molecule has 29 heavy (non-hydrogen) atoms. The molecule has 4 atom stereocenters. The maximum absolute atomic E-state index is 9.96. The molecule has 5 nitrogen and oxygen atoms in total. The molecule has 152 valence electrons. The van der Waals surface area contributed by atoms with Crippen LogP contribution in [0.5, 0.6) is 17.2 Å². The molecule has 2 aromatic carbocycles. The number of phenolic OH excluding ortho intramolecular Hbond substituents is 1. The van der Waals surface area contributed by atoms with E-state index in [-0.39, 0.29) is 17.9 Å². The van der Waals surface area contributed by atoms with Crippen LogP contribution in [0.4, 0.5) is 5.69 Å². The van der Waals surface area contributed by atoms with E-state index in [9.17, 15) is 5.11 Å². The van der Waals surface area contributed by atoms with Crippen molar-refractivity contribution in [1.29, 1.82) is 0 Å². The summed E-state index contributed by atoms with van der Waals surface area (Å²) < 4.78 is 17.0. The minimum absolute atomic E-state index is 0.163. The van der Waals surface area contributed by atoms with Crippen LogP contribution in [-0.4, -0.2) is 31.5 Å². The van der Waals surface area contributed by atoms with Crippen LogP contribution in [0.15, 0.2) is 48.6 Å². The Bertz CT molecular complexity index is 919. The van der Waals surface area contributed by atoms with E-state index in [4.69, 9.17) is 14.2 Å². The van der Waals surface area contributed by atoms with Gasteiger partial charge in [-0.2, -0.15) is 0 Å². The van der Waals surface area contributed by atoms with Gasteiger partial charge in [0.2, 0.25) is 0 Å². The summed E-state index contributed by atoms with van der Waals surface area (Å²) in [5, 5.41) is 13.7. The van der Waals surface area contributed by atoms with Crippen LogP contribution in [0.1, 0.15) is 42.3 Å². The third kappa shape index (κ3) is 3.44. The molecule has 0 spiro atoms. The SMILES string of the molecule is COc1cc(C2Nc3ccc(OCC4CCCO4)cc3C3C=CCC32)ccc1O. The molecule has 3 aliphatic rings. The van der Waals surface area contributed by atoms with Crippen LogP contribution in [-0.2, 0) is 4.74 Å². The molecule has 2 aliphatic heterocycles. The Morgan fingerprint density at radius 3 is 2.97 bits per heavy atom. The van der Waals surface area contributed by atoms with Crippen molar-refractivity contribution in [3.8, 4) is 17.2 Å². The number of hydrogen-bond acceptors (Lipinski definition) is 5. The number of ether oxygens (including phenoxy) is 3. The number of aromatic hydroxyl groups is 1. The fourth-order valence-electron chi connectivity index (χ4n) is 4.84. The highest BCUT2D eigenvalue weighted by atomic mass is 16.5. The first-order chi connectivity index (χ1) is 14.2. The van der Waals surface area contributed by atoms with Crippen LogP contribution in [0.2, 0.25) is 0 Å². The molecule has 0 amide bonds. The maximum Gasteiger partial charge on any atom is 0.160 e. The number of rotatable bonds is 5. The molecule has 0 bridgehead atoms. The Morgan fingerprint density at radius 2 is 2.14 bits per heavy atom. The summed E-state index contributed by atoms with van der Waals surface area (Å²) >= 11 is 0. The predicted octanol–water partition coefficient (Wildman–Crippen LogP) is 4.79. The molecule has 5 rings (SSSR count). The minimum Gasteiger partial charge on any atom is -0.504 e. The van der Waals surface area contributed by atoms with Gasteiger partial charge in [0.25, 0.3) is 0 Å². The average molecular weight is 393 g/mol. The fourth-order valence-corrected chi connectivity index (χ4v) is 4.84. The monoisotopic (exact) mass is 393 g/mol. The number of phenols is 1. The molecule has 4 unspecified atom stereocenters. The van der Waals surface area contributed by atoms with Gasteiger partial charge in [0, 0.05) is 18.2 Å². The summed E-state index contributed by atoms with van der Waals surface area (Å²) in [4.78, 5) is 0. The van der Waals surface area contributed by atoms with Crippen molar-refractivity contribution >= 4 is 5.69 Å². The van der Waals surface area contributed by atoms with E-state index in [2.05, 4.69) is 29.6 Å². The van der Waals surface area contributed by atoms with Crippen molar-refractivity contribution in [2.24, 2.45) is 5.92 Å². The van der Waals surface area contributed by atoms with Gasteiger partial charge in [0.1, 0.15) is 12.4 Å². The normalized spacial score (nSPS) is 27.2. The number of hydrogen-bond donors (Lipinski definition) is 2. The van der Waals surface area contributed by atoms with Crippen LogP contribution < -0.4 is 14.8 Å². The Kier molecular flexibility index (Phi) is 4.84. The molecule has 2 heterocycles. The summed E-state index contributed by atoms with van der Waals surface area (Å²) in [5.41, 5.74) is 3.55. The van der Waals surface area contributed by atoms with Gasteiger partial charge in [-0.25, -0.2) is 0 Å². The Morgan fingerprint density at radius 1 is 1.21 bits per heavy atom. The lowest BCUT2D eigenvalue weighted by Gasteiger charge is -2.37. The summed E-state index contributed by atoms with van der Waals surface area (Å²) in [6.07, 6.45) is 8.04. The van der Waals surface area contributed by atoms with Crippen molar-refractivity contribution < 1.29 is 19.3 Å². The molecule has 0 saturated carbocycles. The van der Waals surface area contributed by atoms with Crippen LogP contribution >= 0.6 is 0 Å². The van der Waals surface area contributed by atoms with Crippen molar-refractivity contribution in [3.63, 3.8) is 0 Å². The van der Waals surface area contributed by atoms with E-state index in [0.29, 0.717) is 24.2 Å². The molecule has 5 heteroatoms.